The van der Waals surface area contributed by atoms with Crippen molar-refractivity contribution in [1.82, 2.24) is 9.78 Å². The second-order valence-corrected chi connectivity index (χ2v) is 3.96. The normalized spacial score (nSPS) is 10.6. The van der Waals surface area contributed by atoms with Gasteiger partial charge in [-0.05, 0) is 31.5 Å². The van der Waals surface area contributed by atoms with Gasteiger partial charge in [-0.1, -0.05) is 17.7 Å². The molecular weight excluding hydrogens is 210 g/mol. The first-order valence-electron chi connectivity index (χ1n) is 4.66. The Hall–Kier alpha value is -1.48. The highest BCUT2D eigenvalue weighted by molar-refractivity contribution is 6.31. The van der Waals surface area contributed by atoms with Crippen LogP contribution in [0.25, 0.3) is 5.69 Å². The maximum atomic E-state index is 6.04. The predicted octanol–water partition coefficient (Wildman–Crippen LogP) is 2.72. The molecule has 0 saturated carbocycles. The van der Waals surface area contributed by atoms with E-state index in [2.05, 4.69) is 5.10 Å². The van der Waals surface area contributed by atoms with Gasteiger partial charge in [0.1, 0.15) is 5.82 Å². The molecule has 2 rings (SSSR count). The van der Waals surface area contributed by atoms with Crippen LogP contribution in [0.5, 0.6) is 0 Å². The molecule has 3 nitrogen and oxygen atoms in total. The van der Waals surface area contributed by atoms with Gasteiger partial charge in [0.2, 0.25) is 0 Å². The average molecular weight is 222 g/mol. The summed E-state index contributed by atoms with van der Waals surface area (Å²) in [6, 6.07) is 7.59. The second kappa shape index (κ2) is 3.59. The molecule has 78 valence electrons. The summed E-state index contributed by atoms with van der Waals surface area (Å²) in [5, 5.41) is 5.01. The number of rotatable bonds is 1. The molecule has 2 N–H and O–H groups in total. The number of aryl methyl sites for hydroxylation is 2. The lowest BCUT2D eigenvalue weighted by Gasteiger charge is -2.05. The highest BCUT2D eigenvalue weighted by Crippen LogP contribution is 2.21. The van der Waals surface area contributed by atoms with Gasteiger partial charge in [0.15, 0.2) is 0 Å². The first-order chi connectivity index (χ1) is 7.08. The molecule has 4 heteroatoms. The van der Waals surface area contributed by atoms with Gasteiger partial charge in [-0.2, -0.15) is 5.10 Å². The van der Waals surface area contributed by atoms with Gasteiger partial charge in [-0.3, -0.25) is 0 Å². The van der Waals surface area contributed by atoms with Crippen LogP contribution >= 0.6 is 11.6 Å². The molecule has 0 saturated heterocycles. The minimum atomic E-state index is 0.618. The molecule has 0 fully saturated rings. The van der Waals surface area contributed by atoms with E-state index in [1.54, 1.807) is 4.68 Å². The fraction of sp³-hybridized carbons (Fsp3) is 0.182. The number of nitrogen functional groups attached to an aromatic ring is 1. The van der Waals surface area contributed by atoms with E-state index in [4.69, 9.17) is 17.3 Å². The third-order valence-corrected chi connectivity index (χ3v) is 2.67. The lowest BCUT2D eigenvalue weighted by molar-refractivity contribution is 0.871. The van der Waals surface area contributed by atoms with Crippen LogP contribution in [-0.2, 0) is 0 Å². The number of anilines is 1. The van der Waals surface area contributed by atoms with Crippen LogP contribution in [0.3, 0.4) is 0 Å². The van der Waals surface area contributed by atoms with Gasteiger partial charge < -0.3 is 5.73 Å². The van der Waals surface area contributed by atoms with Crippen LogP contribution in [0.15, 0.2) is 24.3 Å². The molecular formula is C11H12ClN3. The molecule has 0 aliphatic carbocycles. The summed E-state index contributed by atoms with van der Waals surface area (Å²) in [4.78, 5) is 0. The van der Waals surface area contributed by atoms with Crippen molar-refractivity contribution >= 4 is 17.4 Å². The third-order valence-electron chi connectivity index (χ3n) is 2.26. The van der Waals surface area contributed by atoms with Gasteiger partial charge in [-0.25, -0.2) is 4.68 Å². The topological polar surface area (TPSA) is 43.8 Å². The van der Waals surface area contributed by atoms with Crippen LogP contribution < -0.4 is 5.73 Å². The van der Waals surface area contributed by atoms with Crippen molar-refractivity contribution in [3.8, 4) is 5.69 Å². The van der Waals surface area contributed by atoms with E-state index < -0.39 is 0 Å². The third kappa shape index (κ3) is 1.83. The maximum Gasteiger partial charge on any atom is 0.127 e. The number of hydrogen-bond donors (Lipinski definition) is 1. The van der Waals surface area contributed by atoms with Gasteiger partial charge in [0.05, 0.1) is 11.4 Å². The van der Waals surface area contributed by atoms with Crippen molar-refractivity contribution in [1.29, 1.82) is 0 Å². The van der Waals surface area contributed by atoms with E-state index in [0.29, 0.717) is 5.82 Å². The number of halogens is 1. The molecule has 2 aromatic rings. The number of aromatic nitrogens is 2. The molecule has 0 spiro atoms. The van der Waals surface area contributed by atoms with Crippen LogP contribution in [0.2, 0.25) is 5.02 Å². The summed E-state index contributed by atoms with van der Waals surface area (Å²) in [6.07, 6.45) is 0. The zero-order valence-electron chi connectivity index (χ0n) is 8.66. The molecule has 0 amide bonds. The monoisotopic (exact) mass is 221 g/mol. The van der Waals surface area contributed by atoms with Gasteiger partial charge >= 0.3 is 0 Å². The Bertz CT molecular complexity index is 503. The largest absolute Gasteiger partial charge is 0.384 e. The summed E-state index contributed by atoms with van der Waals surface area (Å²) in [7, 11) is 0. The smallest absolute Gasteiger partial charge is 0.127 e. The van der Waals surface area contributed by atoms with Gasteiger partial charge in [0, 0.05) is 11.1 Å². The molecule has 1 aromatic heterocycles. The molecule has 0 radical (unpaired) electrons. The summed E-state index contributed by atoms with van der Waals surface area (Å²) in [5.41, 5.74) is 8.64. The van der Waals surface area contributed by atoms with E-state index in [1.807, 2.05) is 38.1 Å². The fourth-order valence-corrected chi connectivity index (χ4v) is 1.61. The second-order valence-electron chi connectivity index (χ2n) is 3.56. The SMILES string of the molecule is Cc1cc(N)n(-c2ccc(C)c(Cl)c2)n1. The number of nitrogens with two attached hydrogens (primary N) is 1. The molecule has 0 aliphatic rings. The number of benzene rings is 1. The highest BCUT2D eigenvalue weighted by atomic mass is 35.5. The summed E-state index contributed by atoms with van der Waals surface area (Å²) in [5.74, 6) is 0.618. The molecule has 0 atom stereocenters. The molecule has 0 unspecified atom stereocenters. The molecule has 1 heterocycles. The molecule has 15 heavy (non-hydrogen) atoms. The number of nitrogens with zero attached hydrogens (tertiary/aromatic N) is 2. The van der Waals surface area contributed by atoms with Crippen LogP contribution in [0.1, 0.15) is 11.3 Å². The minimum Gasteiger partial charge on any atom is -0.384 e. The summed E-state index contributed by atoms with van der Waals surface area (Å²) >= 11 is 6.04. The van der Waals surface area contributed by atoms with E-state index in [-0.39, 0.29) is 0 Å². The Kier molecular flexibility index (Phi) is 2.40. The zero-order valence-corrected chi connectivity index (χ0v) is 9.42. The lowest BCUT2D eigenvalue weighted by Crippen LogP contribution is -2.01. The lowest BCUT2D eigenvalue weighted by atomic mass is 10.2. The van der Waals surface area contributed by atoms with E-state index in [9.17, 15) is 0 Å². The van der Waals surface area contributed by atoms with Gasteiger partial charge in [0.25, 0.3) is 0 Å². The van der Waals surface area contributed by atoms with Crippen molar-refractivity contribution in [2.45, 2.75) is 13.8 Å². The Morgan fingerprint density at radius 1 is 1.27 bits per heavy atom. The average Bonchev–Trinajstić information content (AvgIpc) is 2.50. The van der Waals surface area contributed by atoms with Crippen LogP contribution in [0, 0.1) is 13.8 Å². The summed E-state index contributed by atoms with van der Waals surface area (Å²) in [6.45, 7) is 3.87. The minimum absolute atomic E-state index is 0.618. The van der Waals surface area contributed by atoms with Crippen molar-refractivity contribution in [3.05, 3.63) is 40.5 Å². The van der Waals surface area contributed by atoms with Crippen molar-refractivity contribution in [2.24, 2.45) is 0 Å². The van der Waals surface area contributed by atoms with Gasteiger partial charge in [-0.15, -0.1) is 0 Å². The molecule has 0 bridgehead atoms. The Balaban J connectivity index is 2.54. The van der Waals surface area contributed by atoms with E-state index in [1.165, 1.54) is 0 Å². The molecule has 1 aromatic carbocycles. The van der Waals surface area contributed by atoms with Crippen LogP contribution in [0.4, 0.5) is 5.82 Å². The van der Waals surface area contributed by atoms with E-state index in [0.717, 1.165) is 22.0 Å². The first-order valence-corrected chi connectivity index (χ1v) is 5.04. The van der Waals surface area contributed by atoms with Crippen molar-refractivity contribution < 1.29 is 0 Å². The number of hydrogen-bond acceptors (Lipinski definition) is 2. The Morgan fingerprint density at radius 3 is 2.53 bits per heavy atom. The Morgan fingerprint density at radius 2 is 2.00 bits per heavy atom. The maximum absolute atomic E-state index is 6.04. The summed E-state index contributed by atoms with van der Waals surface area (Å²) < 4.78 is 1.68. The fourth-order valence-electron chi connectivity index (χ4n) is 1.44. The van der Waals surface area contributed by atoms with Crippen molar-refractivity contribution in [3.63, 3.8) is 0 Å². The zero-order chi connectivity index (χ0) is 11.0. The molecule has 0 aliphatic heterocycles. The van der Waals surface area contributed by atoms with E-state index >= 15 is 0 Å². The standard InChI is InChI=1S/C11H12ClN3/c1-7-3-4-9(6-10(7)12)15-11(13)5-8(2)14-15/h3-6H,13H2,1-2H3. The van der Waals surface area contributed by atoms with Crippen LogP contribution in [-0.4, -0.2) is 9.78 Å². The first kappa shape index (κ1) is 10.1. The Labute approximate surface area is 93.5 Å². The predicted molar refractivity (Wildman–Crippen MR) is 62.5 cm³/mol. The quantitative estimate of drug-likeness (QED) is 0.805. The van der Waals surface area contributed by atoms with Crippen molar-refractivity contribution in [2.75, 3.05) is 5.73 Å². The highest BCUT2D eigenvalue weighted by Gasteiger charge is 2.05.